The zero-order valence-electron chi connectivity index (χ0n) is 16.0. The van der Waals surface area contributed by atoms with Gasteiger partial charge in [0.25, 0.3) is 0 Å². The maximum Gasteiger partial charge on any atom is 0.238 e. The molecular formula is C21H27N3O3. The van der Waals surface area contributed by atoms with Crippen LogP contribution >= 0.6 is 0 Å². The number of hydrogen-bond donors (Lipinski definition) is 1. The van der Waals surface area contributed by atoms with Crippen LogP contribution in [-0.4, -0.2) is 36.9 Å². The average molecular weight is 369 g/mol. The molecule has 0 bridgehead atoms. The van der Waals surface area contributed by atoms with Crippen LogP contribution in [-0.2, 0) is 9.59 Å². The van der Waals surface area contributed by atoms with Gasteiger partial charge in [0.15, 0.2) is 0 Å². The first kappa shape index (κ1) is 19.2. The van der Waals surface area contributed by atoms with Crippen LogP contribution in [0.15, 0.2) is 47.1 Å². The van der Waals surface area contributed by atoms with E-state index in [1.165, 1.54) is 13.3 Å². The van der Waals surface area contributed by atoms with Crippen LogP contribution in [0.4, 0.5) is 11.4 Å². The average Bonchev–Trinajstić information content (AvgIpc) is 3.09. The van der Waals surface area contributed by atoms with Gasteiger partial charge in [0.1, 0.15) is 5.76 Å². The fourth-order valence-electron chi connectivity index (χ4n) is 3.50. The maximum atomic E-state index is 12.6. The molecule has 1 N–H and O–H groups in total. The van der Waals surface area contributed by atoms with Crippen molar-refractivity contribution in [2.45, 2.75) is 38.6 Å². The second-order valence-corrected chi connectivity index (χ2v) is 7.02. The molecule has 0 radical (unpaired) electrons. The van der Waals surface area contributed by atoms with Gasteiger partial charge in [-0.2, -0.15) is 0 Å². The van der Waals surface area contributed by atoms with Crippen LogP contribution in [0.5, 0.6) is 0 Å². The fraction of sp³-hybridized carbons (Fsp3) is 0.429. The van der Waals surface area contributed by atoms with Crippen molar-refractivity contribution >= 4 is 23.2 Å². The number of nitrogens with one attached hydrogen (secondary N) is 1. The summed E-state index contributed by atoms with van der Waals surface area (Å²) in [5.41, 5.74) is 1.52. The molecule has 1 aromatic heterocycles. The summed E-state index contributed by atoms with van der Waals surface area (Å²) in [5, 5.41) is 2.96. The quantitative estimate of drug-likeness (QED) is 0.870. The number of amides is 2. The first-order valence-electron chi connectivity index (χ1n) is 9.46. The molecule has 2 amide bonds. The summed E-state index contributed by atoms with van der Waals surface area (Å²) in [6, 6.07) is 11.3. The molecule has 2 aromatic rings. The van der Waals surface area contributed by atoms with Gasteiger partial charge in [-0.3, -0.25) is 14.5 Å². The van der Waals surface area contributed by atoms with Gasteiger partial charge in [0.2, 0.25) is 11.8 Å². The maximum absolute atomic E-state index is 12.6. The summed E-state index contributed by atoms with van der Waals surface area (Å²) >= 11 is 0. The molecule has 1 aromatic carbocycles. The molecule has 1 fully saturated rings. The summed E-state index contributed by atoms with van der Waals surface area (Å²) < 4.78 is 5.61. The molecule has 144 valence electrons. The number of hydrogen-bond acceptors (Lipinski definition) is 4. The predicted octanol–water partition coefficient (Wildman–Crippen LogP) is 3.82. The molecule has 3 rings (SSSR count). The molecule has 1 aliphatic heterocycles. The highest BCUT2D eigenvalue weighted by Crippen LogP contribution is 2.30. The zero-order chi connectivity index (χ0) is 19.2. The molecular weight excluding hydrogens is 342 g/mol. The Kier molecular flexibility index (Phi) is 6.29. The topological polar surface area (TPSA) is 65.8 Å². The highest BCUT2D eigenvalue weighted by atomic mass is 16.3. The van der Waals surface area contributed by atoms with Gasteiger partial charge in [-0.25, -0.2) is 0 Å². The molecule has 0 unspecified atom stereocenters. The van der Waals surface area contributed by atoms with Crippen molar-refractivity contribution in [1.82, 2.24) is 4.90 Å². The van der Waals surface area contributed by atoms with Gasteiger partial charge >= 0.3 is 0 Å². The number of rotatable bonds is 5. The molecule has 2 heterocycles. The van der Waals surface area contributed by atoms with E-state index >= 15 is 0 Å². The van der Waals surface area contributed by atoms with Gasteiger partial charge in [-0.15, -0.1) is 0 Å². The number of anilines is 2. The Balaban J connectivity index is 1.62. The van der Waals surface area contributed by atoms with Crippen molar-refractivity contribution in [2.24, 2.45) is 0 Å². The van der Waals surface area contributed by atoms with Crippen molar-refractivity contribution < 1.29 is 14.0 Å². The first-order valence-corrected chi connectivity index (χ1v) is 9.46. The van der Waals surface area contributed by atoms with Crippen LogP contribution in [0.1, 0.15) is 44.4 Å². The van der Waals surface area contributed by atoms with Crippen LogP contribution in [0.3, 0.4) is 0 Å². The Morgan fingerprint density at radius 2 is 1.96 bits per heavy atom. The third-order valence-electron chi connectivity index (χ3n) is 5.09. The minimum Gasteiger partial charge on any atom is -0.468 e. The highest BCUT2D eigenvalue weighted by molar-refractivity contribution is 5.93. The van der Waals surface area contributed by atoms with Gasteiger partial charge in [-0.05, 0) is 55.8 Å². The molecule has 1 atom stereocenters. The van der Waals surface area contributed by atoms with E-state index in [4.69, 9.17) is 4.42 Å². The molecule has 0 spiro atoms. The Hall–Kier alpha value is -2.60. The molecule has 0 saturated carbocycles. The van der Waals surface area contributed by atoms with E-state index in [1.807, 2.05) is 36.4 Å². The van der Waals surface area contributed by atoms with Gasteiger partial charge in [0.05, 0.1) is 18.8 Å². The lowest BCUT2D eigenvalue weighted by molar-refractivity contribution is -0.118. The second-order valence-electron chi connectivity index (χ2n) is 7.02. The summed E-state index contributed by atoms with van der Waals surface area (Å²) in [7, 11) is 1.73. The molecule has 1 saturated heterocycles. The third kappa shape index (κ3) is 4.98. The van der Waals surface area contributed by atoms with Gasteiger partial charge < -0.3 is 14.6 Å². The number of benzene rings is 1. The van der Waals surface area contributed by atoms with Crippen LogP contribution in [0.2, 0.25) is 0 Å². The van der Waals surface area contributed by atoms with Crippen molar-refractivity contribution in [3.63, 3.8) is 0 Å². The lowest BCUT2D eigenvalue weighted by atomic mass is 10.1. The van der Waals surface area contributed by atoms with Crippen molar-refractivity contribution in [1.29, 1.82) is 0 Å². The smallest absolute Gasteiger partial charge is 0.238 e. The normalized spacial score (nSPS) is 17.9. The van der Waals surface area contributed by atoms with E-state index in [-0.39, 0.29) is 17.9 Å². The fourth-order valence-corrected chi connectivity index (χ4v) is 3.50. The van der Waals surface area contributed by atoms with Crippen molar-refractivity contribution in [2.75, 3.05) is 30.4 Å². The zero-order valence-corrected chi connectivity index (χ0v) is 16.0. The predicted molar refractivity (Wildman–Crippen MR) is 106 cm³/mol. The van der Waals surface area contributed by atoms with Crippen molar-refractivity contribution in [3.8, 4) is 0 Å². The molecule has 1 aliphatic rings. The number of furan rings is 1. The standard InChI is InChI=1S/C21H27N3O3/c1-16(25)23(2)18-11-9-17(10-12-18)22-21(26)15-24-13-5-3-4-7-19(24)20-8-6-14-27-20/h6,8-12,14,19H,3-5,7,13,15H2,1-2H3,(H,22,26)/t19-/m0/s1. The monoisotopic (exact) mass is 369 g/mol. The minimum atomic E-state index is -0.0406. The summed E-state index contributed by atoms with van der Waals surface area (Å²) in [6.07, 6.45) is 6.12. The van der Waals surface area contributed by atoms with E-state index in [9.17, 15) is 9.59 Å². The largest absolute Gasteiger partial charge is 0.468 e. The SMILES string of the molecule is CC(=O)N(C)c1ccc(NC(=O)CN2CCCCC[C@H]2c2ccco2)cc1. The first-order chi connectivity index (χ1) is 13.0. The summed E-state index contributed by atoms with van der Waals surface area (Å²) in [4.78, 5) is 27.8. The van der Waals surface area contributed by atoms with E-state index in [1.54, 1.807) is 18.2 Å². The van der Waals surface area contributed by atoms with Crippen molar-refractivity contribution in [3.05, 3.63) is 48.4 Å². The molecule has 6 heteroatoms. The van der Waals surface area contributed by atoms with E-state index in [0.717, 1.165) is 42.9 Å². The number of nitrogens with zero attached hydrogens (tertiary/aromatic N) is 2. The highest BCUT2D eigenvalue weighted by Gasteiger charge is 2.26. The Morgan fingerprint density at radius 3 is 2.63 bits per heavy atom. The van der Waals surface area contributed by atoms with Crippen LogP contribution < -0.4 is 10.2 Å². The second kappa shape index (κ2) is 8.86. The van der Waals surface area contributed by atoms with E-state index in [2.05, 4.69) is 10.2 Å². The van der Waals surface area contributed by atoms with Crippen LogP contribution in [0.25, 0.3) is 0 Å². The molecule has 6 nitrogen and oxygen atoms in total. The molecule has 0 aliphatic carbocycles. The van der Waals surface area contributed by atoms with Crippen LogP contribution in [0, 0.1) is 0 Å². The third-order valence-corrected chi connectivity index (χ3v) is 5.09. The Morgan fingerprint density at radius 1 is 1.19 bits per heavy atom. The number of carbonyl (C=O) groups excluding carboxylic acids is 2. The molecule has 27 heavy (non-hydrogen) atoms. The van der Waals surface area contributed by atoms with Gasteiger partial charge in [0, 0.05) is 25.3 Å². The van der Waals surface area contributed by atoms with E-state index in [0.29, 0.717) is 6.54 Å². The summed E-state index contributed by atoms with van der Waals surface area (Å²) in [6.45, 7) is 2.74. The summed E-state index contributed by atoms with van der Waals surface area (Å²) in [5.74, 6) is 0.861. The Bertz CT molecular complexity index is 755. The number of likely N-dealkylation sites (tertiary alicyclic amines) is 1. The lowest BCUT2D eigenvalue weighted by Crippen LogP contribution is -2.36. The van der Waals surface area contributed by atoms with Gasteiger partial charge in [-0.1, -0.05) is 12.8 Å². The van der Waals surface area contributed by atoms with E-state index < -0.39 is 0 Å². The lowest BCUT2D eigenvalue weighted by Gasteiger charge is -2.27. The minimum absolute atomic E-state index is 0.0306. The Labute approximate surface area is 160 Å². The number of carbonyl (C=O) groups is 2.